The number of carbonyl (C=O) groups is 1. The molecule has 16 heavy (non-hydrogen) atoms. The molecule has 0 aliphatic carbocycles. The van der Waals surface area contributed by atoms with E-state index in [1.807, 2.05) is 20.8 Å². The first-order chi connectivity index (χ1) is 7.30. The first-order valence-electron chi connectivity index (χ1n) is 5.28. The van der Waals surface area contributed by atoms with Crippen LogP contribution in [0.25, 0.3) is 0 Å². The molecule has 1 aromatic rings. The number of Topliss-reactive ketones (excluding diaryl/α,β-unsaturated/α-hetero) is 1. The predicted molar refractivity (Wildman–Crippen MR) is 64.2 cm³/mol. The molecule has 0 amide bonds. The Morgan fingerprint density at radius 3 is 2.56 bits per heavy atom. The molecule has 1 aromatic carbocycles. The highest BCUT2D eigenvalue weighted by Gasteiger charge is 2.20. The largest absolute Gasteiger partial charge is 0.299 e. The van der Waals surface area contributed by atoms with Gasteiger partial charge in [-0.15, -0.1) is 0 Å². The summed E-state index contributed by atoms with van der Waals surface area (Å²) >= 11 is 5.77. The molecule has 0 heterocycles. The van der Waals surface area contributed by atoms with E-state index in [0.29, 0.717) is 23.4 Å². The van der Waals surface area contributed by atoms with E-state index < -0.39 is 0 Å². The number of halogens is 2. The van der Waals surface area contributed by atoms with Crippen LogP contribution in [-0.4, -0.2) is 5.78 Å². The van der Waals surface area contributed by atoms with Gasteiger partial charge in [-0.2, -0.15) is 0 Å². The maximum Gasteiger partial charge on any atom is 0.138 e. The summed E-state index contributed by atoms with van der Waals surface area (Å²) in [5.41, 5.74) is 0.139. The van der Waals surface area contributed by atoms with Crippen LogP contribution in [0.2, 0.25) is 5.02 Å². The van der Waals surface area contributed by atoms with Crippen LogP contribution in [0.15, 0.2) is 18.2 Å². The van der Waals surface area contributed by atoms with E-state index >= 15 is 0 Å². The summed E-state index contributed by atoms with van der Waals surface area (Å²) in [6.45, 7) is 5.59. The first-order valence-corrected chi connectivity index (χ1v) is 5.66. The highest BCUT2D eigenvalue weighted by Crippen LogP contribution is 2.21. The Bertz CT molecular complexity index is 393. The second-order valence-corrected chi connectivity index (χ2v) is 5.35. The van der Waals surface area contributed by atoms with E-state index in [-0.39, 0.29) is 17.0 Å². The fraction of sp³-hybridized carbons (Fsp3) is 0.462. The second-order valence-electron chi connectivity index (χ2n) is 4.91. The molecule has 0 unspecified atom stereocenters. The molecule has 0 atom stereocenters. The third-order valence-electron chi connectivity index (χ3n) is 2.47. The quantitative estimate of drug-likeness (QED) is 0.782. The smallest absolute Gasteiger partial charge is 0.138 e. The van der Waals surface area contributed by atoms with E-state index in [4.69, 9.17) is 11.6 Å². The molecule has 3 heteroatoms. The monoisotopic (exact) mass is 242 g/mol. The van der Waals surface area contributed by atoms with E-state index in [0.717, 1.165) is 0 Å². The molecule has 0 aromatic heterocycles. The van der Waals surface area contributed by atoms with Gasteiger partial charge < -0.3 is 0 Å². The highest BCUT2D eigenvalue weighted by atomic mass is 35.5. The Kier molecular flexibility index (Phi) is 4.09. The van der Waals surface area contributed by atoms with Gasteiger partial charge in [-0.1, -0.05) is 32.4 Å². The predicted octanol–water partition coefficient (Wildman–Crippen LogP) is 4.03. The van der Waals surface area contributed by atoms with Gasteiger partial charge in [0.15, 0.2) is 0 Å². The van der Waals surface area contributed by atoms with Crippen molar-refractivity contribution in [2.24, 2.45) is 5.41 Å². The van der Waals surface area contributed by atoms with Crippen molar-refractivity contribution < 1.29 is 9.18 Å². The zero-order chi connectivity index (χ0) is 12.3. The zero-order valence-corrected chi connectivity index (χ0v) is 10.6. The number of aryl methyl sites for hydroxylation is 1. The van der Waals surface area contributed by atoms with Crippen LogP contribution in [0.4, 0.5) is 4.39 Å². The minimum absolute atomic E-state index is 0.131. The highest BCUT2D eigenvalue weighted by molar-refractivity contribution is 6.30. The van der Waals surface area contributed by atoms with Gasteiger partial charge in [0, 0.05) is 16.9 Å². The minimum atomic E-state index is -0.366. The number of rotatable bonds is 3. The topological polar surface area (TPSA) is 17.1 Å². The number of hydrogen-bond donors (Lipinski definition) is 0. The zero-order valence-electron chi connectivity index (χ0n) is 9.81. The van der Waals surface area contributed by atoms with Crippen LogP contribution in [0, 0.1) is 11.2 Å². The summed E-state index contributed by atoms with van der Waals surface area (Å²) in [6, 6.07) is 4.41. The summed E-state index contributed by atoms with van der Waals surface area (Å²) in [5, 5.41) is 0.500. The number of ketones is 1. The molecule has 0 saturated carbocycles. The van der Waals surface area contributed by atoms with Gasteiger partial charge in [-0.05, 0) is 30.2 Å². The molecular formula is C13H16ClFO. The number of hydrogen-bond acceptors (Lipinski definition) is 1. The average Bonchev–Trinajstić information content (AvgIpc) is 2.17. The standard InChI is InChI=1S/C13H16ClFO/c1-13(2,3)12(16)7-4-9-8-10(14)5-6-11(9)15/h5-6,8H,4,7H2,1-3H3. The summed E-state index contributed by atoms with van der Waals surface area (Å²) in [6.07, 6.45) is 0.753. The van der Waals surface area contributed by atoms with Crippen molar-refractivity contribution in [1.29, 1.82) is 0 Å². The van der Waals surface area contributed by atoms with Crippen LogP contribution in [-0.2, 0) is 11.2 Å². The SMILES string of the molecule is CC(C)(C)C(=O)CCc1cc(Cl)ccc1F. The van der Waals surface area contributed by atoms with Crippen molar-refractivity contribution in [3.63, 3.8) is 0 Å². The van der Waals surface area contributed by atoms with Crippen LogP contribution in [0.5, 0.6) is 0 Å². The van der Waals surface area contributed by atoms with Gasteiger partial charge in [0.1, 0.15) is 11.6 Å². The molecule has 0 fully saturated rings. The molecule has 0 aliphatic heterocycles. The van der Waals surface area contributed by atoms with Gasteiger partial charge in [-0.25, -0.2) is 4.39 Å². The lowest BCUT2D eigenvalue weighted by Gasteiger charge is -2.16. The molecule has 0 radical (unpaired) electrons. The van der Waals surface area contributed by atoms with Crippen molar-refractivity contribution in [2.45, 2.75) is 33.6 Å². The molecular weight excluding hydrogens is 227 g/mol. The van der Waals surface area contributed by atoms with Gasteiger partial charge >= 0.3 is 0 Å². The van der Waals surface area contributed by atoms with Gasteiger partial charge in [0.25, 0.3) is 0 Å². The molecule has 88 valence electrons. The third kappa shape index (κ3) is 3.60. The molecule has 0 N–H and O–H groups in total. The van der Waals surface area contributed by atoms with Gasteiger partial charge in [0.05, 0.1) is 0 Å². The van der Waals surface area contributed by atoms with Gasteiger partial charge in [0.2, 0.25) is 0 Å². The first kappa shape index (κ1) is 13.2. The van der Waals surface area contributed by atoms with Crippen molar-refractivity contribution in [3.8, 4) is 0 Å². The normalized spacial score (nSPS) is 11.6. The molecule has 0 saturated heterocycles. The second kappa shape index (κ2) is 4.96. The lowest BCUT2D eigenvalue weighted by atomic mass is 9.87. The Labute approximate surface area is 101 Å². The van der Waals surface area contributed by atoms with Crippen LogP contribution in [0.3, 0.4) is 0 Å². The van der Waals surface area contributed by atoms with Crippen LogP contribution >= 0.6 is 11.6 Å². The van der Waals surface area contributed by atoms with Crippen molar-refractivity contribution >= 4 is 17.4 Å². The Hall–Kier alpha value is -0.890. The van der Waals surface area contributed by atoms with E-state index in [2.05, 4.69) is 0 Å². The molecule has 0 spiro atoms. The lowest BCUT2D eigenvalue weighted by Crippen LogP contribution is -2.20. The van der Waals surface area contributed by atoms with E-state index in [9.17, 15) is 9.18 Å². The van der Waals surface area contributed by atoms with Crippen LogP contribution in [0.1, 0.15) is 32.8 Å². The summed E-state index contributed by atoms with van der Waals surface area (Å²) in [5.74, 6) is -0.169. The van der Waals surface area contributed by atoms with E-state index in [1.54, 1.807) is 6.07 Å². The molecule has 1 nitrogen and oxygen atoms in total. The van der Waals surface area contributed by atoms with E-state index in [1.165, 1.54) is 12.1 Å². The third-order valence-corrected chi connectivity index (χ3v) is 2.70. The Morgan fingerprint density at radius 1 is 1.38 bits per heavy atom. The van der Waals surface area contributed by atoms with Crippen molar-refractivity contribution in [1.82, 2.24) is 0 Å². The maximum atomic E-state index is 13.3. The minimum Gasteiger partial charge on any atom is -0.299 e. The lowest BCUT2D eigenvalue weighted by molar-refractivity contribution is -0.126. The molecule has 1 rings (SSSR count). The number of carbonyl (C=O) groups excluding carboxylic acids is 1. The molecule has 0 aliphatic rings. The molecule has 0 bridgehead atoms. The Morgan fingerprint density at radius 2 is 2.00 bits per heavy atom. The van der Waals surface area contributed by atoms with Crippen LogP contribution < -0.4 is 0 Å². The van der Waals surface area contributed by atoms with Gasteiger partial charge in [-0.3, -0.25) is 4.79 Å². The average molecular weight is 243 g/mol. The number of benzene rings is 1. The summed E-state index contributed by atoms with van der Waals surface area (Å²) < 4.78 is 13.3. The summed E-state index contributed by atoms with van der Waals surface area (Å²) in [4.78, 5) is 11.7. The van der Waals surface area contributed by atoms with Crippen molar-refractivity contribution in [3.05, 3.63) is 34.6 Å². The fourth-order valence-electron chi connectivity index (χ4n) is 1.36. The Balaban J connectivity index is 2.68. The summed E-state index contributed by atoms with van der Waals surface area (Å²) in [7, 11) is 0. The van der Waals surface area contributed by atoms with Crippen molar-refractivity contribution in [2.75, 3.05) is 0 Å². The maximum absolute atomic E-state index is 13.3. The fourth-order valence-corrected chi connectivity index (χ4v) is 1.55.